The summed E-state index contributed by atoms with van der Waals surface area (Å²) in [5.74, 6) is 0.129. The maximum Gasteiger partial charge on any atom is 0.242 e. The Bertz CT molecular complexity index is 690. The first kappa shape index (κ1) is 18.1. The molecule has 0 saturated carbocycles. The van der Waals surface area contributed by atoms with Crippen LogP contribution in [0.1, 0.15) is 17.5 Å². The molecule has 1 amide bonds. The highest BCUT2D eigenvalue weighted by atomic mass is 35.5. The number of nitrogens with two attached hydrogens (primary N) is 1. The van der Waals surface area contributed by atoms with E-state index in [0.29, 0.717) is 13.1 Å². The number of nitrogen functional groups attached to an aromatic ring is 1. The van der Waals surface area contributed by atoms with E-state index in [1.165, 1.54) is 5.56 Å². The molecule has 5 heteroatoms. The van der Waals surface area contributed by atoms with Crippen molar-refractivity contribution in [3.8, 4) is 0 Å². The second-order valence-electron chi connectivity index (χ2n) is 6.11. The highest BCUT2D eigenvalue weighted by Gasteiger charge is 2.21. The number of carbonyl (C=O) groups excluding carboxylic acids is 1. The van der Waals surface area contributed by atoms with Crippen LogP contribution in [0.25, 0.3) is 0 Å². The van der Waals surface area contributed by atoms with Crippen LogP contribution in [0, 0.1) is 0 Å². The zero-order valence-electron chi connectivity index (χ0n) is 13.9. The second-order valence-corrected chi connectivity index (χ2v) is 6.11. The summed E-state index contributed by atoms with van der Waals surface area (Å²) in [6.45, 7) is 1.94. The minimum atomic E-state index is 0. The summed E-state index contributed by atoms with van der Waals surface area (Å²) in [5.41, 5.74) is 10.3. The van der Waals surface area contributed by atoms with Crippen molar-refractivity contribution in [3.63, 3.8) is 0 Å². The summed E-state index contributed by atoms with van der Waals surface area (Å²) in [4.78, 5) is 16.5. The Hall–Kier alpha value is -2.20. The lowest BCUT2D eigenvalue weighted by atomic mass is 10.00. The van der Waals surface area contributed by atoms with E-state index in [-0.39, 0.29) is 18.3 Å². The van der Waals surface area contributed by atoms with Crippen LogP contribution in [0.4, 0.5) is 11.4 Å². The van der Waals surface area contributed by atoms with Gasteiger partial charge in [0.15, 0.2) is 0 Å². The van der Waals surface area contributed by atoms with Gasteiger partial charge in [-0.3, -0.25) is 4.79 Å². The van der Waals surface area contributed by atoms with E-state index in [9.17, 15) is 4.79 Å². The third-order valence-electron chi connectivity index (χ3n) is 4.40. The Morgan fingerprint density at radius 3 is 2.67 bits per heavy atom. The first-order valence-corrected chi connectivity index (χ1v) is 8.05. The van der Waals surface area contributed by atoms with Gasteiger partial charge in [0.25, 0.3) is 0 Å². The van der Waals surface area contributed by atoms with Crippen molar-refractivity contribution < 1.29 is 4.79 Å². The standard InChI is InChI=1S/C19H23N3O.ClH/c1-21(13-15-7-3-2-4-8-15)19(23)14-22-12-6-9-16-17(20)10-5-11-18(16)22;/h2-5,7-8,10-11H,6,9,12-14,20H2,1H3;1H. The van der Waals surface area contributed by atoms with E-state index in [4.69, 9.17) is 5.73 Å². The Morgan fingerprint density at radius 1 is 1.17 bits per heavy atom. The van der Waals surface area contributed by atoms with Gasteiger partial charge in [-0.05, 0) is 36.1 Å². The highest BCUT2D eigenvalue weighted by molar-refractivity contribution is 5.85. The molecule has 2 N–H and O–H groups in total. The third-order valence-corrected chi connectivity index (χ3v) is 4.40. The molecule has 0 aromatic heterocycles. The number of amides is 1. The molecule has 0 unspecified atom stereocenters. The molecule has 128 valence electrons. The van der Waals surface area contributed by atoms with Gasteiger partial charge in [0, 0.05) is 31.5 Å². The number of anilines is 2. The van der Waals surface area contributed by atoms with E-state index in [2.05, 4.69) is 11.0 Å². The van der Waals surface area contributed by atoms with E-state index in [0.717, 1.165) is 36.3 Å². The number of hydrogen-bond donors (Lipinski definition) is 1. The molecule has 2 aromatic carbocycles. The number of carbonyl (C=O) groups is 1. The average molecular weight is 346 g/mol. The van der Waals surface area contributed by atoms with Gasteiger partial charge in [-0.25, -0.2) is 0 Å². The molecule has 0 fully saturated rings. The number of rotatable bonds is 4. The molecular formula is C19H24ClN3O. The molecule has 0 spiro atoms. The van der Waals surface area contributed by atoms with Crippen LogP contribution in [0.5, 0.6) is 0 Å². The van der Waals surface area contributed by atoms with Gasteiger partial charge in [0.1, 0.15) is 0 Å². The fourth-order valence-corrected chi connectivity index (χ4v) is 3.12. The predicted molar refractivity (Wildman–Crippen MR) is 102 cm³/mol. The number of benzene rings is 2. The second kappa shape index (κ2) is 8.06. The number of hydrogen-bond acceptors (Lipinski definition) is 3. The Kier molecular flexibility index (Phi) is 6.10. The minimum Gasteiger partial charge on any atom is -0.398 e. The largest absolute Gasteiger partial charge is 0.398 e. The van der Waals surface area contributed by atoms with Gasteiger partial charge in [0.2, 0.25) is 5.91 Å². The van der Waals surface area contributed by atoms with Crippen LogP contribution >= 0.6 is 12.4 Å². The number of likely N-dealkylation sites (N-methyl/N-ethyl adjacent to an activating group) is 1. The highest BCUT2D eigenvalue weighted by Crippen LogP contribution is 2.31. The van der Waals surface area contributed by atoms with Crippen molar-refractivity contribution in [2.24, 2.45) is 0 Å². The summed E-state index contributed by atoms with van der Waals surface area (Å²) >= 11 is 0. The lowest BCUT2D eigenvalue weighted by Gasteiger charge is -2.32. The molecule has 2 aromatic rings. The first-order valence-electron chi connectivity index (χ1n) is 8.05. The molecule has 24 heavy (non-hydrogen) atoms. The normalized spacial score (nSPS) is 13.0. The van der Waals surface area contributed by atoms with E-state index < -0.39 is 0 Å². The first-order chi connectivity index (χ1) is 11.1. The van der Waals surface area contributed by atoms with E-state index in [1.807, 2.05) is 49.5 Å². The monoisotopic (exact) mass is 345 g/mol. The molecule has 0 aliphatic carbocycles. The smallest absolute Gasteiger partial charge is 0.242 e. The third kappa shape index (κ3) is 4.01. The summed E-state index contributed by atoms with van der Waals surface area (Å²) in [7, 11) is 1.86. The van der Waals surface area contributed by atoms with Crippen molar-refractivity contribution >= 4 is 29.7 Å². The maximum atomic E-state index is 12.6. The maximum absolute atomic E-state index is 12.6. The number of fused-ring (bicyclic) bond motifs is 1. The molecule has 1 aliphatic heterocycles. The zero-order valence-corrected chi connectivity index (χ0v) is 14.8. The van der Waals surface area contributed by atoms with E-state index >= 15 is 0 Å². The average Bonchev–Trinajstić information content (AvgIpc) is 2.56. The van der Waals surface area contributed by atoms with Crippen molar-refractivity contribution in [1.82, 2.24) is 4.90 Å². The molecule has 0 atom stereocenters. The summed E-state index contributed by atoms with van der Waals surface area (Å²) in [6, 6.07) is 16.0. The van der Waals surface area contributed by atoms with Crippen LogP contribution in [-0.4, -0.2) is 30.9 Å². The van der Waals surface area contributed by atoms with Gasteiger partial charge < -0.3 is 15.5 Å². The summed E-state index contributed by atoms with van der Waals surface area (Å²) < 4.78 is 0. The molecule has 4 nitrogen and oxygen atoms in total. The Labute approximate surface area is 149 Å². The topological polar surface area (TPSA) is 49.6 Å². The van der Waals surface area contributed by atoms with Crippen LogP contribution in [0.15, 0.2) is 48.5 Å². The van der Waals surface area contributed by atoms with Gasteiger partial charge in [-0.2, -0.15) is 0 Å². The van der Waals surface area contributed by atoms with Crippen molar-refractivity contribution in [2.45, 2.75) is 19.4 Å². The van der Waals surface area contributed by atoms with Crippen molar-refractivity contribution in [3.05, 3.63) is 59.7 Å². The zero-order chi connectivity index (χ0) is 16.2. The molecule has 1 aliphatic rings. The van der Waals surface area contributed by atoms with Gasteiger partial charge in [0.05, 0.1) is 6.54 Å². The van der Waals surface area contributed by atoms with Crippen LogP contribution in [0.2, 0.25) is 0 Å². The van der Waals surface area contributed by atoms with Crippen LogP contribution in [-0.2, 0) is 17.8 Å². The number of nitrogens with zero attached hydrogens (tertiary/aromatic N) is 2. The molecular weight excluding hydrogens is 322 g/mol. The fraction of sp³-hybridized carbons (Fsp3) is 0.316. The Balaban J connectivity index is 0.00000208. The molecule has 0 bridgehead atoms. The molecule has 0 radical (unpaired) electrons. The van der Waals surface area contributed by atoms with Crippen LogP contribution in [0.3, 0.4) is 0 Å². The molecule has 3 rings (SSSR count). The van der Waals surface area contributed by atoms with Crippen molar-refractivity contribution in [2.75, 3.05) is 30.8 Å². The fourth-order valence-electron chi connectivity index (χ4n) is 3.12. The summed E-state index contributed by atoms with van der Waals surface area (Å²) in [6.07, 6.45) is 2.03. The minimum absolute atomic E-state index is 0. The van der Waals surface area contributed by atoms with E-state index in [1.54, 1.807) is 4.90 Å². The quantitative estimate of drug-likeness (QED) is 0.866. The SMILES string of the molecule is CN(Cc1ccccc1)C(=O)CN1CCCc2c(N)cccc21.Cl. The van der Waals surface area contributed by atoms with Gasteiger partial charge in [-0.1, -0.05) is 36.4 Å². The van der Waals surface area contributed by atoms with Gasteiger partial charge >= 0.3 is 0 Å². The Morgan fingerprint density at radius 2 is 1.92 bits per heavy atom. The lowest BCUT2D eigenvalue weighted by Crippen LogP contribution is -2.40. The van der Waals surface area contributed by atoms with Crippen LogP contribution < -0.4 is 10.6 Å². The van der Waals surface area contributed by atoms with Gasteiger partial charge in [-0.15, -0.1) is 12.4 Å². The molecule has 1 heterocycles. The molecule has 0 saturated heterocycles. The van der Waals surface area contributed by atoms with Crippen molar-refractivity contribution in [1.29, 1.82) is 0 Å². The summed E-state index contributed by atoms with van der Waals surface area (Å²) in [5, 5.41) is 0. The lowest BCUT2D eigenvalue weighted by molar-refractivity contribution is -0.129. The predicted octanol–water partition coefficient (Wildman–Crippen LogP) is 3.10. The number of halogens is 1.